The van der Waals surface area contributed by atoms with Crippen LogP contribution in [0.4, 0.5) is 11.4 Å². The number of carbonyl (C=O) groups is 1. The summed E-state index contributed by atoms with van der Waals surface area (Å²) in [6.07, 6.45) is 0. The highest BCUT2D eigenvalue weighted by Gasteiger charge is 2.13. The van der Waals surface area contributed by atoms with Crippen molar-refractivity contribution in [2.75, 3.05) is 11.1 Å². The van der Waals surface area contributed by atoms with Gasteiger partial charge in [-0.25, -0.2) is 4.98 Å². The first-order chi connectivity index (χ1) is 8.06. The third kappa shape index (κ3) is 2.62. The number of amides is 1. The number of anilines is 2. The number of nitrogens with zero attached hydrogens (tertiary/aromatic N) is 1. The number of rotatable bonds is 2. The Kier molecular flexibility index (Phi) is 3.10. The molecule has 0 aliphatic carbocycles. The number of nitrogens with two attached hydrogens (primary N) is 1. The molecule has 4 nitrogen and oxygen atoms in total. The monoisotopic (exact) mass is 247 g/mol. The maximum atomic E-state index is 12.0. The normalized spacial score (nSPS) is 10.2. The van der Waals surface area contributed by atoms with E-state index < -0.39 is 0 Å². The van der Waals surface area contributed by atoms with E-state index in [4.69, 9.17) is 5.73 Å². The SMILES string of the molecule is Cc1nc(C)c(C(=O)Nc2ccc(N)cc2)s1. The highest BCUT2D eigenvalue weighted by atomic mass is 32.1. The number of aryl methyl sites for hydroxylation is 2. The molecule has 3 N–H and O–H groups in total. The number of aromatic nitrogens is 1. The van der Waals surface area contributed by atoms with Gasteiger partial charge in [0.05, 0.1) is 10.7 Å². The Bertz CT molecular complexity index is 545. The fourth-order valence-electron chi connectivity index (χ4n) is 1.50. The highest BCUT2D eigenvalue weighted by Crippen LogP contribution is 2.19. The van der Waals surface area contributed by atoms with Crippen molar-refractivity contribution in [2.24, 2.45) is 0 Å². The van der Waals surface area contributed by atoms with Crippen molar-refractivity contribution in [3.63, 3.8) is 0 Å². The molecule has 1 amide bonds. The van der Waals surface area contributed by atoms with Gasteiger partial charge in [-0.1, -0.05) is 0 Å². The Balaban J connectivity index is 2.17. The minimum absolute atomic E-state index is 0.127. The second-order valence-corrected chi connectivity index (χ2v) is 4.93. The largest absolute Gasteiger partial charge is 0.399 e. The summed E-state index contributed by atoms with van der Waals surface area (Å²) in [7, 11) is 0. The van der Waals surface area contributed by atoms with Gasteiger partial charge in [-0.3, -0.25) is 4.79 Å². The number of carbonyl (C=O) groups excluding carboxylic acids is 1. The summed E-state index contributed by atoms with van der Waals surface area (Å²) in [5.41, 5.74) is 7.74. The van der Waals surface area contributed by atoms with Gasteiger partial charge in [0.15, 0.2) is 0 Å². The van der Waals surface area contributed by atoms with Crippen LogP contribution in [-0.4, -0.2) is 10.9 Å². The molecule has 0 aliphatic rings. The lowest BCUT2D eigenvalue weighted by molar-refractivity contribution is 0.103. The van der Waals surface area contributed by atoms with Gasteiger partial charge in [0.2, 0.25) is 0 Å². The van der Waals surface area contributed by atoms with E-state index in [0.29, 0.717) is 10.6 Å². The summed E-state index contributed by atoms with van der Waals surface area (Å²) in [6, 6.07) is 7.05. The highest BCUT2D eigenvalue weighted by molar-refractivity contribution is 7.13. The van der Waals surface area contributed by atoms with Gasteiger partial charge in [0, 0.05) is 11.4 Å². The standard InChI is InChI=1S/C12H13N3OS/c1-7-11(17-8(2)14-7)12(16)15-10-5-3-9(13)4-6-10/h3-6H,13H2,1-2H3,(H,15,16). The van der Waals surface area contributed by atoms with Crippen LogP contribution in [-0.2, 0) is 0 Å². The van der Waals surface area contributed by atoms with Crippen molar-refractivity contribution in [3.8, 4) is 0 Å². The Morgan fingerprint density at radius 2 is 1.94 bits per heavy atom. The van der Waals surface area contributed by atoms with E-state index in [1.54, 1.807) is 24.3 Å². The lowest BCUT2D eigenvalue weighted by atomic mass is 10.3. The number of thiazole rings is 1. The van der Waals surface area contributed by atoms with Crippen molar-refractivity contribution >= 4 is 28.6 Å². The molecule has 0 atom stereocenters. The van der Waals surface area contributed by atoms with Crippen LogP contribution in [0.5, 0.6) is 0 Å². The summed E-state index contributed by atoms with van der Waals surface area (Å²) in [4.78, 5) is 16.8. The van der Waals surface area contributed by atoms with E-state index in [2.05, 4.69) is 10.3 Å². The van der Waals surface area contributed by atoms with Crippen LogP contribution < -0.4 is 11.1 Å². The quantitative estimate of drug-likeness (QED) is 0.801. The van der Waals surface area contributed by atoms with Crippen LogP contribution in [0.15, 0.2) is 24.3 Å². The van der Waals surface area contributed by atoms with Gasteiger partial charge in [0.1, 0.15) is 4.88 Å². The van der Waals surface area contributed by atoms with Crippen LogP contribution in [0.25, 0.3) is 0 Å². The van der Waals surface area contributed by atoms with Gasteiger partial charge >= 0.3 is 0 Å². The Labute approximate surface area is 103 Å². The molecule has 2 aromatic rings. The molecule has 0 unspecified atom stereocenters. The van der Waals surface area contributed by atoms with Crippen molar-refractivity contribution in [1.29, 1.82) is 0 Å². The Hall–Kier alpha value is -1.88. The molecule has 88 valence electrons. The molecule has 0 spiro atoms. The van der Waals surface area contributed by atoms with Crippen LogP contribution in [0.3, 0.4) is 0 Å². The number of nitrogen functional groups attached to an aromatic ring is 1. The van der Waals surface area contributed by atoms with E-state index in [1.165, 1.54) is 11.3 Å². The van der Waals surface area contributed by atoms with Gasteiger partial charge < -0.3 is 11.1 Å². The van der Waals surface area contributed by atoms with E-state index in [9.17, 15) is 4.79 Å². The molecular formula is C12H13N3OS. The molecule has 0 saturated heterocycles. The Morgan fingerprint density at radius 3 is 2.47 bits per heavy atom. The molecule has 0 bridgehead atoms. The fraction of sp³-hybridized carbons (Fsp3) is 0.167. The van der Waals surface area contributed by atoms with E-state index in [0.717, 1.165) is 16.4 Å². The first kappa shape index (κ1) is 11.6. The molecule has 5 heteroatoms. The van der Waals surface area contributed by atoms with Crippen molar-refractivity contribution in [3.05, 3.63) is 39.8 Å². The van der Waals surface area contributed by atoms with Crippen LogP contribution in [0.1, 0.15) is 20.4 Å². The maximum Gasteiger partial charge on any atom is 0.267 e. The summed E-state index contributed by atoms with van der Waals surface area (Å²) in [5.74, 6) is -0.127. The zero-order chi connectivity index (χ0) is 12.4. The van der Waals surface area contributed by atoms with Crippen LogP contribution in [0.2, 0.25) is 0 Å². The molecule has 2 rings (SSSR count). The molecule has 17 heavy (non-hydrogen) atoms. The molecule has 0 saturated carbocycles. The lowest BCUT2D eigenvalue weighted by Crippen LogP contribution is -2.11. The fourth-order valence-corrected chi connectivity index (χ4v) is 2.31. The molecule has 1 heterocycles. The number of nitrogens with one attached hydrogen (secondary N) is 1. The van der Waals surface area contributed by atoms with Crippen molar-refractivity contribution < 1.29 is 4.79 Å². The summed E-state index contributed by atoms with van der Waals surface area (Å²) in [6.45, 7) is 3.72. The summed E-state index contributed by atoms with van der Waals surface area (Å²) < 4.78 is 0. The number of hydrogen-bond acceptors (Lipinski definition) is 4. The zero-order valence-electron chi connectivity index (χ0n) is 9.65. The average molecular weight is 247 g/mol. The molecule has 1 aromatic carbocycles. The first-order valence-electron chi connectivity index (χ1n) is 5.17. The van der Waals surface area contributed by atoms with E-state index in [-0.39, 0.29) is 5.91 Å². The maximum absolute atomic E-state index is 12.0. The first-order valence-corrected chi connectivity index (χ1v) is 5.99. The van der Waals surface area contributed by atoms with Crippen molar-refractivity contribution in [2.45, 2.75) is 13.8 Å². The summed E-state index contributed by atoms with van der Waals surface area (Å²) in [5, 5.41) is 3.71. The number of benzene rings is 1. The second-order valence-electron chi connectivity index (χ2n) is 3.72. The van der Waals surface area contributed by atoms with Gasteiger partial charge in [-0.15, -0.1) is 11.3 Å². The van der Waals surface area contributed by atoms with E-state index >= 15 is 0 Å². The third-order valence-corrected chi connectivity index (χ3v) is 3.35. The van der Waals surface area contributed by atoms with Crippen LogP contribution in [0, 0.1) is 13.8 Å². The number of hydrogen-bond donors (Lipinski definition) is 2. The smallest absolute Gasteiger partial charge is 0.267 e. The lowest BCUT2D eigenvalue weighted by Gasteiger charge is -2.04. The minimum atomic E-state index is -0.127. The van der Waals surface area contributed by atoms with Gasteiger partial charge in [0.25, 0.3) is 5.91 Å². The average Bonchev–Trinajstić information content (AvgIpc) is 2.61. The topological polar surface area (TPSA) is 68.0 Å². The molecular weight excluding hydrogens is 234 g/mol. The van der Waals surface area contributed by atoms with Crippen molar-refractivity contribution in [1.82, 2.24) is 4.98 Å². The second kappa shape index (κ2) is 4.55. The minimum Gasteiger partial charge on any atom is -0.399 e. The molecule has 0 aliphatic heterocycles. The third-order valence-electron chi connectivity index (χ3n) is 2.28. The van der Waals surface area contributed by atoms with Crippen LogP contribution >= 0.6 is 11.3 Å². The Morgan fingerprint density at radius 1 is 1.29 bits per heavy atom. The van der Waals surface area contributed by atoms with Gasteiger partial charge in [-0.05, 0) is 38.1 Å². The molecule has 0 fully saturated rings. The molecule has 1 aromatic heterocycles. The van der Waals surface area contributed by atoms with Gasteiger partial charge in [-0.2, -0.15) is 0 Å². The summed E-state index contributed by atoms with van der Waals surface area (Å²) >= 11 is 1.40. The van der Waals surface area contributed by atoms with E-state index in [1.807, 2.05) is 13.8 Å². The predicted octanol–water partition coefficient (Wildman–Crippen LogP) is 2.59. The zero-order valence-corrected chi connectivity index (χ0v) is 10.5. The molecule has 0 radical (unpaired) electrons. The predicted molar refractivity (Wildman–Crippen MR) is 70.4 cm³/mol.